The quantitative estimate of drug-likeness (QED) is 0.790. The molecule has 0 aliphatic heterocycles. The van der Waals surface area contributed by atoms with Crippen molar-refractivity contribution in [3.8, 4) is 6.07 Å². The van der Waals surface area contributed by atoms with Gasteiger partial charge in [-0.3, -0.25) is 4.79 Å². The first-order valence-electron chi connectivity index (χ1n) is 4.62. The monoisotopic (exact) mass is 345 g/mol. The summed E-state index contributed by atoms with van der Waals surface area (Å²) in [5.74, 6) is -0.297. The molecule has 0 fully saturated rings. The summed E-state index contributed by atoms with van der Waals surface area (Å²) in [4.78, 5) is 11.3. The topological polar surface area (TPSA) is 50.1 Å². The molecule has 0 unspecified atom stereocenters. The number of nitriles is 1. The van der Waals surface area contributed by atoms with Crippen molar-refractivity contribution in [3.63, 3.8) is 0 Å². The second kappa shape index (κ2) is 6.02. The number of halogens is 2. The number of hydrogen-bond acceptors (Lipinski definition) is 3. The molecule has 0 bridgehead atoms. The average molecular weight is 347 g/mol. The van der Waals surface area contributed by atoms with E-state index in [2.05, 4.69) is 31.9 Å². The summed E-state index contributed by atoms with van der Waals surface area (Å²) >= 11 is 6.61. The Bertz CT molecular complexity index is 452. The fourth-order valence-corrected chi connectivity index (χ4v) is 2.41. The third-order valence-corrected chi connectivity index (χ3v) is 3.29. The lowest BCUT2D eigenvalue weighted by atomic mass is 10.1. The zero-order valence-corrected chi connectivity index (χ0v) is 11.8. The maximum atomic E-state index is 11.3. The third-order valence-electron chi connectivity index (χ3n) is 1.90. The molecule has 0 amide bonds. The van der Waals surface area contributed by atoms with Gasteiger partial charge in [0.25, 0.3) is 0 Å². The van der Waals surface area contributed by atoms with Gasteiger partial charge in [0.1, 0.15) is 6.07 Å². The Morgan fingerprint density at radius 1 is 1.44 bits per heavy atom. The maximum Gasteiger partial charge on any atom is 0.310 e. The molecule has 0 spiro atoms. The zero-order valence-electron chi connectivity index (χ0n) is 8.59. The third kappa shape index (κ3) is 3.32. The first kappa shape index (κ1) is 13.2. The Kier molecular flexibility index (Phi) is 4.97. The molecule has 16 heavy (non-hydrogen) atoms. The van der Waals surface area contributed by atoms with Gasteiger partial charge < -0.3 is 4.74 Å². The highest BCUT2D eigenvalue weighted by Crippen LogP contribution is 2.26. The summed E-state index contributed by atoms with van der Waals surface area (Å²) in [6, 6.07) is 5.48. The van der Waals surface area contributed by atoms with Crippen LogP contribution in [0.25, 0.3) is 0 Å². The summed E-state index contributed by atoms with van der Waals surface area (Å²) in [7, 11) is 0. The van der Waals surface area contributed by atoms with Crippen LogP contribution in [0.5, 0.6) is 0 Å². The highest BCUT2D eigenvalue weighted by Gasteiger charge is 2.10. The Morgan fingerprint density at radius 3 is 2.69 bits per heavy atom. The molecule has 1 aromatic rings. The molecule has 0 radical (unpaired) electrons. The first-order chi connectivity index (χ1) is 7.58. The van der Waals surface area contributed by atoms with Crippen LogP contribution in [0.4, 0.5) is 0 Å². The van der Waals surface area contributed by atoms with Gasteiger partial charge in [-0.15, -0.1) is 0 Å². The second-order valence-corrected chi connectivity index (χ2v) is 4.73. The SMILES string of the molecule is CCOC(=O)Cc1cc(C#N)c(Br)cc1Br. The standard InChI is InChI=1S/C11H9Br2NO2/c1-2-16-11(15)4-7-3-8(6-14)10(13)5-9(7)12/h3,5H,2,4H2,1H3. The van der Waals surface area contributed by atoms with Gasteiger partial charge >= 0.3 is 5.97 Å². The Balaban J connectivity index is 2.97. The number of rotatable bonds is 3. The summed E-state index contributed by atoms with van der Waals surface area (Å²) in [5.41, 5.74) is 1.25. The lowest BCUT2D eigenvalue weighted by molar-refractivity contribution is -0.142. The molecular formula is C11H9Br2NO2. The molecular weight excluding hydrogens is 338 g/mol. The Hall–Kier alpha value is -0.860. The molecule has 0 saturated carbocycles. The molecule has 3 nitrogen and oxygen atoms in total. The Morgan fingerprint density at radius 2 is 2.12 bits per heavy atom. The molecule has 0 saturated heterocycles. The van der Waals surface area contributed by atoms with E-state index in [1.807, 2.05) is 6.07 Å². The summed E-state index contributed by atoms with van der Waals surface area (Å²) in [6.07, 6.45) is 0.163. The van der Waals surface area contributed by atoms with Crippen LogP contribution in [0.3, 0.4) is 0 Å². The van der Waals surface area contributed by atoms with Gasteiger partial charge in [0, 0.05) is 8.95 Å². The van der Waals surface area contributed by atoms with E-state index in [9.17, 15) is 4.79 Å². The van der Waals surface area contributed by atoms with Crippen molar-refractivity contribution in [1.29, 1.82) is 5.26 Å². The molecule has 0 aromatic heterocycles. The van der Waals surface area contributed by atoms with Gasteiger partial charge in [-0.1, -0.05) is 15.9 Å². The average Bonchev–Trinajstić information content (AvgIpc) is 2.22. The van der Waals surface area contributed by atoms with Crippen molar-refractivity contribution >= 4 is 37.8 Å². The lowest BCUT2D eigenvalue weighted by Crippen LogP contribution is -2.08. The molecule has 0 aliphatic carbocycles. The van der Waals surface area contributed by atoms with Crippen molar-refractivity contribution < 1.29 is 9.53 Å². The van der Waals surface area contributed by atoms with Crippen LogP contribution >= 0.6 is 31.9 Å². The van der Waals surface area contributed by atoms with E-state index in [1.165, 1.54) is 0 Å². The fraction of sp³-hybridized carbons (Fsp3) is 0.273. The number of nitrogens with zero attached hydrogens (tertiary/aromatic N) is 1. The largest absolute Gasteiger partial charge is 0.466 e. The zero-order chi connectivity index (χ0) is 12.1. The van der Waals surface area contributed by atoms with Gasteiger partial charge in [0.2, 0.25) is 0 Å². The summed E-state index contributed by atoms with van der Waals surface area (Å²) in [6.45, 7) is 2.12. The lowest BCUT2D eigenvalue weighted by Gasteiger charge is -2.06. The molecule has 0 heterocycles. The van der Waals surface area contributed by atoms with Crippen molar-refractivity contribution in [2.45, 2.75) is 13.3 Å². The molecule has 5 heteroatoms. The van der Waals surface area contributed by atoms with E-state index in [1.54, 1.807) is 19.1 Å². The fourth-order valence-electron chi connectivity index (χ4n) is 1.18. The minimum absolute atomic E-state index is 0.163. The minimum Gasteiger partial charge on any atom is -0.466 e. The van der Waals surface area contributed by atoms with Gasteiger partial charge in [-0.05, 0) is 40.5 Å². The summed E-state index contributed by atoms with van der Waals surface area (Å²) < 4.78 is 6.34. The molecule has 0 N–H and O–H groups in total. The normalized spacial score (nSPS) is 9.62. The highest BCUT2D eigenvalue weighted by molar-refractivity contribution is 9.11. The first-order valence-corrected chi connectivity index (χ1v) is 6.20. The van der Waals surface area contributed by atoms with Crippen molar-refractivity contribution in [2.75, 3.05) is 6.61 Å². The van der Waals surface area contributed by atoms with Gasteiger partial charge in [-0.25, -0.2) is 0 Å². The molecule has 0 aliphatic rings. The number of carbonyl (C=O) groups is 1. The van der Waals surface area contributed by atoms with Crippen LogP contribution in [0.1, 0.15) is 18.1 Å². The number of carbonyl (C=O) groups excluding carboxylic acids is 1. The van der Waals surface area contributed by atoms with Gasteiger partial charge in [0.05, 0.1) is 18.6 Å². The number of hydrogen-bond donors (Lipinski definition) is 0. The van der Waals surface area contributed by atoms with E-state index in [0.717, 1.165) is 10.0 Å². The number of benzene rings is 1. The molecule has 84 valence electrons. The van der Waals surface area contributed by atoms with E-state index in [0.29, 0.717) is 16.6 Å². The van der Waals surface area contributed by atoms with Crippen LogP contribution in [0, 0.1) is 11.3 Å². The summed E-state index contributed by atoms with van der Waals surface area (Å²) in [5, 5.41) is 8.86. The number of esters is 1. The maximum absolute atomic E-state index is 11.3. The van der Waals surface area contributed by atoms with E-state index >= 15 is 0 Å². The predicted octanol–water partition coefficient (Wildman–Crippen LogP) is 3.19. The van der Waals surface area contributed by atoms with Crippen LogP contribution in [-0.4, -0.2) is 12.6 Å². The van der Waals surface area contributed by atoms with Crippen LogP contribution in [-0.2, 0) is 16.0 Å². The van der Waals surface area contributed by atoms with E-state index in [4.69, 9.17) is 10.00 Å². The smallest absolute Gasteiger partial charge is 0.310 e. The molecule has 0 atom stereocenters. The molecule has 1 rings (SSSR count). The van der Waals surface area contributed by atoms with Crippen molar-refractivity contribution in [3.05, 3.63) is 32.2 Å². The predicted molar refractivity (Wildman–Crippen MR) is 66.9 cm³/mol. The molecule has 1 aromatic carbocycles. The van der Waals surface area contributed by atoms with Crippen LogP contribution < -0.4 is 0 Å². The van der Waals surface area contributed by atoms with Gasteiger partial charge in [-0.2, -0.15) is 5.26 Å². The Labute approximate surface area is 111 Å². The van der Waals surface area contributed by atoms with E-state index in [-0.39, 0.29) is 12.4 Å². The van der Waals surface area contributed by atoms with Gasteiger partial charge in [0.15, 0.2) is 0 Å². The van der Waals surface area contributed by atoms with Crippen LogP contribution in [0.2, 0.25) is 0 Å². The second-order valence-electron chi connectivity index (χ2n) is 3.02. The van der Waals surface area contributed by atoms with Crippen molar-refractivity contribution in [2.24, 2.45) is 0 Å². The van der Waals surface area contributed by atoms with E-state index < -0.39 is 0 Å². The van der Waals surface area contributed by atoms with Crippen LogP contribution in [0.15, 0.2) is 21.1 Å². The van der Waals surface area contributed by atoms with Crippen molar-refractivity contribution in [1.82, 2.24) is 0 Å². The minimum atomic E-state index is -0.297. The highest BCUT2D eigenvalue weighted by atomic mass is 79.9. The number of ether oxygens (including phenoxy) is 1.